The fourth-order valence-electron chi connectivity index (χ4n) is 3.18. The molecule has 1 aliphatic heterocycles. The molecule has 0 unspecified atom stereocenters. The molecule has 0 aromatic heterocycles. The van der Waals surface area contributed by atoms with Crippen LogP contribution in [0.2, 0.25) is 0 Å². The third-order valence-electron chi connectivity index (χ3n) is 4.81. The summed E-state index contributed by atoms with van der Waals surface area (Å²) in [5.74, 6) is 0.683. The number of piperazine rings is 1. The highest BCUT2D eigenvalue weighted by Crippen LogP contribution is 2.20. The maximum Gasteiger partial charge on any atom is 0.254 e. The van der Waals surface area contributed by atoms with Crippen LogP contribution < -0.4 is 10.1 Å². The average molecular weight is 493 g/mol. The van der Waals surface area contributed by atoms with E-state index in [2.05, 4.69) is 32.8 Å². The number of methoxy groups -OCH3 is 1. The fraction of sp³-hybridized carbons (Fsp3) is 0.333. The van der Waals surface area contributed by atoms with Gasteiger partial charge in [0.2, 0.25) is 5.91 Å². The van der Waals surface area contributed by atoms with E-state index in [-0.39, 0.29) is 11.8 Å². The molecule has 2 aromatic rings. The van der Waals surface area contributed by atoms with Crippen LogP contribution in [0.5, 0.6) is 5.75 Å². The number of carbonyl (C=O) groups excluding carboxylic acids is 2. The minimum atomic E-state index is -0.0377. The van der Waals surface area contributed by atoms with Crippen LogP contribution >= 0.6 is 22.6 Å². The second-order valence-corrected chi connectivity index (χ2v) is 8.05. The summed E-state index contributed by atoms with van der Waals surface area (Å²) in [5.41, 5.74) is 2.43. The number of halogens is 1. The molecule has 0 spiro atoms. The van der Waals surface area contributed by atoms with Crippen molar-refractivity contribution in [3.8, 4) is 5.75 Å². The van der Waals surface area contributed by atoms with E-state index >= 15 is 0 Å². The minimum absolute atomic E-state index is 0.00119. The third-order valence-corrected chi connectivity index (χ3v) is 5.53. The van der Waals surface area contributed by atoms with E-state index in [4.69, 9.17) is 4.74 Å². The Morgan fingerprint density at radius 1 is 1.07 bits per heavy atom. The zero-order valence-corrected chi connectivity index (χ0v) is 18.2. The van der Waals surface area contributed by atoms with Crippen molar-refractivity contribution in [2.24, 2.45) is 0 Å². The molecule has 148 valence electrons. The van der Waals surface area contributed by atoms with E-state index in [1.165, 1.54) is 0 Å². The number of hydrogen-bond acceptors (Lipinski definition) is 4. The number of hydrogen-bond donors (Lipinski definition) is 1. The van der Waals surface area contributed by atoms with Crippen LogP contribution in [0.1, 0.15) is 15.9 Å². The van der Waals surface area contributed by atoms with Crippen molar-refractivity contribution in [2.45, 2.75) is 6.92 Å². The van der Waals surface area contributed by atoms with E-state index in [1.807, 2.05) is 48.2 Å². The number of nitrogens with one attached hydrogen (secondary N) is 1. The molecule has 1 aliphatic rings. The van der Waals surface area contributed by atoms with E-state index in [0.717, 1.165) is 20.6 Å². The zero-order valence-electron chi connectivity index (χ0n) is 16.1. The molecule has 0 bridgehead atoms. The van der Waals surface area contributed by atoms with Gasteiger partial charge in [0, 0.05) is 41.0 Å². The molecule has 28 heavy (non-hydrogen) atoms. The normalized spacial score (nSPS) is 14.6. The van der Waals surface area contributed by atoms with Crippen LogP contribution in [-0.2, 0) is 4.79 Å². The number of amides is 2. The Hall–Kier alpha value is -2.13. The predicted molar refractivity (Wildman–Crippen MR) is 118 cm³/mol. The molecule has 1 N–H and O–H groups in total. The molecule has 6 nitrogen and oxygen atoms in total. The highest BCUT2D eigenvalue weighted by atomic mass is 127. The SMILES string of the molecule is COc1cc(C(=O)N2CCN(CC(=O)Nc3ccc(I)cc3)CC2)ccc1C. The van der Waals surface area contributed by atoms with E-state index in [9.17, 15) is 9.59 Å². The molecule has 1 heterocycles. The van der Waals surface area contributed by atoms with Gasteiger partial charge in [0.15, 0.2) is 0 Å². The highest BCUT2D eigenvalue weighted by Gasteiger charge is 2.23. The summed E-state index contributed by atoms with van der Waals surface area (Å²) in [4.78, 5) is 28.9. The smallest absolute Gasteiger partial charge is 0.254 e. The number of carbonyl (C=O) groups is 2. The summed E-state index contributed by atoms with van der Waals surface area (Å²) in [6.07, 6.45) is 0. The molecule has 1 fully saturated rings. The van der Waals surface area contributed by atoms with Gasteiger partial charge >= 0.3 is 0 Å². The fourth-order valence-corrected chi connectivity index (χ4v) is 3.54. The van der Waals surface area contributed by atoms with E-state index in [1.54, 1.807) is 13.2 Å². The van der Waals surface area contributed by atoms with Crippen LogP contribution in [0.3, 0.4) is 0 Å². The monoisotopic (exact) mass is 493 g/mol. The molecule has 7 heteroatoms. The molecule has 0 atom stereocenters. The largest absolute Gasteiger partial charge is 0.496 e. The van der Waals surface area contributed by atoms with Crippen molar-refractivity contribution in [1.82, 2.24) is 9.80 Å². The van der Waals surface area contributed by atoms with Gasteiger partial charge in [-0.25, -0.2) is 0 Å². The Kier molecular flexibility index (Phi) is 6.90. The van der Waals surface area contributed by atoms with Crippen LogP contribution in [0.25, 0.3) is 0 Å². The molecule has 1 saturated heterocycles. The van der Waals surface area contributed by atoms with Crippen molar-refractivity contribution in [3.05, 3.63) is 57.2 Å². The summed E-state index contributed by atoms with van der Waals surface area (Å²) in [5, 5.41) is 2.92. The van der Waals surface area contributed by atoms with Gasteiger partial charge in [0.1, 0.15) is 5.75 Å². The van der Waals surface area contributed by atoms with Crippen LogP contribution in [0.15, 0.2) is 42.5 Å². The number of nitrogens with zero attached hydrogens (tertiary/aromatic N) is 2. The number of aryl methyl sites for hydroxylation is 1. The van der Waals surface area contributed by atoms with Crippen LogP contribution in [-0.4, -0.2) is 61.4 Å². The summed E-state index contributed by atoms with van der Waals surface area (Å²) < 4.78 is 6.44. The molecule has 3 rings (SSSR count). The standard InChI is InChI=1S/C21H24IN3O3/c1-15-3-4-16(13-19(15)28-2)21(27)25-11-9-24(10-12-25)14-20(26)23-18-7-5-17(22)6-8-18/h3-8,13H,9-12,14H2,1-2H3,(H,23,26). The van der Waals surface area contributed by atoms with Gasteiger partial charge in [-0.3, -0.25) is 14.5 Å². The van der Waals surface area contributed by atoms with Gasteiger partial charge in [0.05, 0.1) is 13.7 Å². The lowest BCUT2D eigenvalue weighted by atomic mass is 10.1. The van der Waals surface area contributed by atoms with Crippen molar-refractivity contribution in [3.63, 3.8) is 0 Å². The average Bonchev–Trinajstić information content (AvgIpc) is 2.70. The first-order valence-electron chi connectivity index (χ1n) is 9.18. The maximum atomic E-state index is 12.7. The van der Waals surface area contributed by atoms with Crippen molar-refractivity contribution >= 4 is 40.1 Å². The number of benzene rings is 2. The molecule has 0 radical (unpaired) electrons. The molecular weight excluding hydrogens is 469 g/mol. The van der Waals surface area contributed by atoms with Crippen molar-refractivity contribution in [2.75, 3.05) is 45.2 Å². The Morgan fingerprint density at radius 2 is 1.75 bits per heavy atom. The van der Waals surface area contributed by atoms with Crippen LogP contribution in [0, 0.1) is 10.5 Å². The molecule has 0 aliphatic carbocycles. The first kappa shape index (κ1) is 20.6. The van der Waals surface area contributed by atoms with Gasteiger partial charge in [-0.2, -0.15) is 0 Å². The van der Waals surface area contributed by atoms with Gasteiger partial charge < -0.3 is 15.0 Å². The van der Waals surface area contributed by atoms with E-state index < -0.39 is 0 Å². The number of rotatable bonds is 5. The second-order valence-electron chi connectivity index (χ2n) is 6.81. The zero-order chi connectivity index (χ0) is 20.1. The predicted octanol–water partition coefficient (Wildman–Crippen LogP) is 3.00. The minimum Gasteiger partial charge on any atom is -0.496 e. The van der Waals surface area contributed by atoms with Crippen molar-refractivity contribution < 1.29 is 14.3 Å². The molecule has 0 saturated carbocycles. The Morgan fingerprint density at radius 3 is 2.39 bits per heavy atom. The summed E-state index contributed by atoms with van der Waals surface area (Å²) >= 11 is 2.23. The summed E-state index contributed by atoms with van der Waals surface area (Å²) in [7, 11) is 1.61. The maximum absolute atomic E-state index is 12.7. The lowest BCUT2D eigenvalue weighted by Crippen LogP contribution is -2.50. The van der Waals surface area contributed by atoms with Gasteiger partial charge in [-0.15, -0.1) is 0 Å². The Labute approximate surface area is 179 Å². The van der Waals surface area contributed by atoms with Gasteiger partial charge in [-0.1, -0.05) is 6.07 Å². The lowest BCUT2D eigenvalue weighted by molar-refractivity contribution is -0.117. The summed E-state index contributed by atoms with van der Waals surface area (Å²) in [6, 6.07) is 13.2. The Bertz CT molecular complexity index is 846. The van der Waals surface area contributed by atoms with Crippen molar-refractivity contribution in [1.29, 1.82) is 0 Å². The lowest BCUT2D eigenvalue weighted by Gasteiger charge is -2.34. The Balaban J connectivity index is 1.50. The first-order chi connectivity index (χ1) is 13.5. The van der Waals surface area contributed by atoms with Gasteiger partial charge in [-0.05, 0) is 71.5 Å². The van der Waals surface area contributed by atoms with E-state index in [0.29, 0.717) is 38.3 Å². The third kappa shape index (κ3) is 5.23. The highest BCUT2D eigenvalue weighted by molar-refractivity contribution is 14.1. The number of ether oxygens (including phenoxy) is 1. The molecule has 2 aromatic carbocycles. The van der Waals surface area contributed by atoms with Crippen LogP contribution in [0.4, 0.5) is 5.69 Å². The molecular formula is C21H24IN3O3. The number of anilines is 1. The summed E-state index contributed by atoms with van der Waals surface area (Å²) in [6.45, 7) is 4.83. The van der Waals surface area contributed by atoms with Gasteiger partial charge in [0.25, 0.3) is 5.91 Å². The first-order valence-corrected chi connectivity index (χ1v) is 10.3. The quantitative estimate of drug-likeness (QED) is 0.651. The topological polar surface area (TPSA) is 61.9 Å². The second kappa shape index (κ2) is 9.38. The molecule has 2 amide bonds.